The van der Waals surface area contributed by atoms with E-state index in [1.54, 1.807) is 0 Å². The Morgan fingerprint density at radius 3 is 1.61 bits per heavy atom. The third-order valence-electron chi connectivity index (χ3n) is 10.8. The van der Waals surface area contributed by atoms with Crippen LogP contribution in [0.5, 0.6) is 0 Å². The smallest absolute Gasteiger partial charge is 0.143 e. The van der Waals surface area contributed by atoms with Crippen molar-refractivity contribution in [3.63, 3.8) is 0 Å². The highest BCUT2D eigenvalue weighted by molar-refractivity contribution is 6.29. The van der Waals surface area contributed by atoms with Gasteiger partial charge in [0.15, 0.2) is 0 Å². The fourth-order valence-corrected chi connectivity index (χ4v) is 8.61. The molecule has 0 aliphatic carbocycles. The Hall–Kier alpha value is -6.70. The minimum Gasteiger partial charge on any atom is -0.455 e. The zero-order chi connectivity index (χ0) is 33.5. The number of benzene rings is 10. The van der Waals surface area contributed by atoms with Gasteiger partial charge in [-0.25, -0.2) is 0 Å². The first-order valence-electron chi connectivity index (χ1n) is 17.6. The second-order valence-electron chi connectivity index (χ2n) is 13.6. The molecule has 0 amide bonds. The average Bonchev–Trinajstić information content (AvgIpc) is 3.59. The first-order valence-corrected chi connectivity index (χ1v) is 17.6. The number of hydrogen-bond acceptors (Lipinski definition) is 1. The Balaban J connectivity index is 1.27. The first kappa shape index (κ1) is 28.2. The highest BCUT2D eigenvalue weighted by Crippen LogP contribution is 2.49. The van der Waals surface area contributed by atoms with Crippen molar-refractivity contribution in [2.45, 2.75) is 0 Å². The summed E-state index contributed by atoms with van der Waals surface area (Å²) in [5.74, 6) is 0. The summed E-state index contributed by atoms with van der Waals surface area (Å²) < 4.78 is 6.82. The van der Waals surface area contributed by atoms with Gasteiger partial charge in [0.1, 0.15) is 11.2 Å². The van der Waals surface area contributed by atoms with E-state index in [0.29, 0.717) is 0 Å². The molecule has 0 unspecified atom stereocenters. The van der Waals surface area contributed by atoms with Crippen LogP contribution in [-0.4, -0.2) is 0 Å². The lowest BCUT2D eigenvalue weighted by molar-refractivity contribution is 0.670. The number of hydrogen-bond donors (Lipinski definition) is 0. The van der Waals surface area contributed by atoms with Gasteiger partial charge in [0.05, 0.1) is 0 Å². The summed E-state index contributed by atoms with van der Waals surface area (Å²) >= 11 is 0. The van der Waals surface area contributed by atoms with Crippen LogP contribution in [0.1, 0.15) is 0 Å². The Morgan fingerprint density at radius 1 is 0.294 bits per heavy atom. The van der Waals surface area contributed by atoms with Crippen LogP contribution in [0.4, 0.5) is 0 Å². The van der Waals surface area contributed by atoms with Crippen LogP contribution in [0.25, 0.3) is 109 Å². The molecule has 1 heterocycles. The Kier molecular flexibility index (Phi) is 6.02. The third-order valence-corrected chi connectivity index (χ3v) is 10.8. The molecule has 0 saturated carbocycles. The quantitative estimate of drug-likeness (QED) is 0.174. The monoisotopic (exact) mass is 646 g/mol. The van der Waals surface area contributed by atoms with Gasteiger partial charge in [-0.15, -0.1) is 0 Å². The molecule has 0 bridgehead atoms. The number of rotatable bonds is 3. The van der Waals surface area contributed by atoms with E-state index in [4.69, 9.17) is 4.42 Å². The Morgan fingerprint density at radius 2 is 0.863 bits per heavy atom. The van der Waals surface area contributed by atoms with Gasteiger partial charge in [0, 0.05) is 21.9 Å². The summed E-state index contributed by atoms with van der Waals surface area (Å²) in [5.41, 5.74) is 9.14. The van der Waals surface area contributed by atoms with E-state index in [2.05, 4.69) is 182 Å². The van der Waals surface area contributed by atoms with Gasteiger partial charge in [0.2, 0.25) is 0 Å². The lowest BCUT2D eigenvalue weighted by atomic mass is 9.82. The average molecular weight is 647 g/mol. The van der Waals surface area contributed by atoms with Crippen molar-refractivity contribution in [2.75, 3.05) is 0 Å². The summed E-state index contributed by atoms with van der Waals surface area (Å²) in [7, 11) is 0. The molecule has 1 heteroatoms. The Labute approximate surface area is 294 Å². The predicted octanol–water partition coefficient (Wildman–Crippen LogP) is 14.4. The highest BCUT2D eigenvalue weighted by Gasteiger charge is 2.22. The van der Waals surface area contributed by atoms with Gasteiger partial charge < -0.3 is 4.42 Å². The van der Waals surface area contributed by atoms with Gasteiger partial charge in [0.25, 0.3) is 0 Å². The van der Waals surface area contributed by atoms with Crippen LogP contribution < -0.4 is 0 Å². The predicted molar refractivity (Wildman–Crippen MR) is 218 cm³/mol. The summed E-state index contributed by atoms with van der Waals surface area (Å²) in [6, 6.07) is 66.2. The molecule has 0 radical (unpaired) electrons. The van der Waals surface area contributed by atoms with E-state index in [-0.39, 0.29) is 0 Å². The zero-order valence-corrected chi connectivity index (χ0v) is 27.7. The molecule has 51 heavy (non-hydrogen) atoms. The van der Waals surface area contributed by atoms with Gasteiger partial charge >= 0.3 is 0 Å². The van der Waals surface area contributed by atoms with Crippen LogP contribution in [0.3, 0.4) is 0 Å². The third kappa shape index (κ3) is 4.16. The van der Waals surface area contributed by atoms with E-state index in [9.17, 15) is 0 Å². The van der Waals surface area contributed by atoms with Crippen LogP contribution in [0.2, 0.25) is 0 Å². The van der Waals surface area contributed by atoms with Crippen molar-refractivity contribution in [2.24, 2.45) is 0 Å². The molecular weight excluding hydrogens is 617 g/mol. The van der Waals surface area contributed by atoms with E-state index in [1.165, 1.54) is 87.1 Å². The molecule has 0 aliphatic rings. The molecule has 10 aromatic carbocycles. The molecule has 0 saturated heterocycles. The molecule has 11 aromatic rings. The molecule has 236 valence electrons. The minimum absolute atomic E-state index is 0.915. The summed E-state index contributed by atoms with van der Waals surface area (Å²) in [6.45, 7) is 0. The van der Waals surface area contributed by atoms with Gasteiger partial charge in [-0.3, -0.25) is 0 Å². The first-order chi connectivity index (χ1) is 25.3. The lowest BCUT2D eigenvalue weighted by Crippen LogP contribution is -1.93. The van der Waals surface area contributed by atoms with Crippen molar-refractivity contribution < 1.29 is 4.42 Å². The van der Waals surface area contributed by atoms with Crippen LogP contribution in [0.15, 0.2) is 186 Å². The van der Waals surface area contributed by atoms with Crippen molar-refractivity contribution in [3.05, 3.63) is 182 Å². The largest absolute Gasteiger partial charge is 0.455 e. The van der Waals surface area contributed by atoms with E-state index in [0.717, 1.165) is 22.1 Å². The fourth-order valence-electron chi connectivity index (χ4n) is 8.61. The zero-order valence-electron chi connectivity index (χ0n) is 27.7. The van der Waals surface area contributed by atoms with E-state index >= 15 is 0 Å². The molecule has 11 rings (SSSR count). The molecule has 1 aromatic heterocycles. The van der Waals surface area contributed by atoms with Crippen molar-refractivity contribution in [3.8, 4) is 33.4 Å². The summed E-state index contributed by atoms with van der Waals surface area (Å²) in [5, 5.41) is 14.6. The summed E-state index contributed by atoms with van der Waals surface area (Å²) in [4.78, 5) is 0. The molecule has 0 spiro atoms. The standard InChI is InChI=1S/C50H30O/c1-2-13-31(14-3-1)33-25-27-38-35(29-33)30-34-16-5-7-18-37(34)48(38)49-41-21-10-8-19-39(41)46(40-20-9-11-22-42(40)49)43-23-12-24-44-47-36-17-6-4-15-32(36)26-28-45(47)51-50(43)44/h1-30H. The van der Waals surface area contributed by atoms with Crippen LogP contribution >= 0.6 is 0 Å². The molecule has 0 fully saturated rings. The van der Waals surface area contributed by atoms with E-state index in [1.807, 2.05) is 0 Å². The van der Waals surface area contributed by atoms with Gasteiger partial charge in [-0.2, -0.15) is 0 Å². The number of furan rings is 1. The molecule has 0 atom stereocenters. The molecule has 0 aliphatic heterocycles. The second-order valence-corrected chi connectivity index (χ2v) is 13.6. The fraction of sp³-hybridized carbons (Fsp3) is 0. The minimum atomic E-state index is 0.915. The topological polar surface area (TPSA) is 13.1 Å². The van der Waals surface area contributed by atoms with Gasteiger partial charge in [-0.05, 0) is 94.3 Å². The van der Waals surface area contributed by atoms with Gasteiger partial charge in [-0.1, -0.05) is 164 Å². The molecule has 0 N–H and O–H groups in total. The molecule has 1 nitrogen and oxygen atoms in total. The maximum atomic E-state index is 6.82. The van der Waals surface area contributed by atoms with Crippen LogP contribution in [-0.2, 0) is 0 Å². The lowest BCUT2D eigenvalue weighted by Gasteiger charge is -2.20. The second kappa shape index (κ2) is 10.9. The number of fused-ring (bicyclic) bond motifs is 9. The molecular formula is C50H30O. The van der Waals surface area contributed by atoms with Crippen molar-refractivity contribution in [1.82, 2.24) is 0 Å². The highest BCUT2D eigenvalue weighted by atomic mass is 16.3. The van der Waals surface area contributed by atoms with Crippen molar-refractivity contribution >= 4 is 75.8 Å². The normalized spacial score (nSPS) is 11.9. The number of para-hydroxylation sites is 1. The maximum Gasteiger partial charge on any atom is 0.143 e. The maximum absolute atomic E-state index is 6.82. The van der Waals surface area contributed by atoms with Crippen molar-refractivity contribution in [1.29, 1.82) is 0 Å². The Bertz CT molecular complexity index is 3130. The SMILES string of the molecule is c1ccc(-c2ccc3c(-c4c5ccccc5c(-c5cccc6c5oc5ccc7ccccc7c56)c5ccccc45)c4ccccc4cc3c2)cc1. The van der Waals surface area contributed by atoms with Crippen LogP contribution in [0, 0.1) is 0 Å². The summed E-state index contributed by atoms with van der Waals surface area (Å²) in [6.07, 6.45) is 0. The van der Waals surface area contributed by atoms with E-state index < -0.39 is 0 Å².